The highest BCUT2D eigenvalue weighted by molar-refractivity contribution is 7.99. The van der Waals surface area contributed by atoms with Crippen LogP contribution in [0.25, 0.3) is 11.4 Å². The number of hydrogen-bond acceptors (Lipinski definition) is 5. The molecule has 7 heteroatoms. The summed E-state index contributed by atoms with van der Waals surface area (Å²) in [7, 11) is 1.79. The Morgan fingerprint density at radius 1 is 1.14 bits per heavy atom. The maximum Gasteiger partial charge on any atom is 0.237 e. The first-order valence-corrected chi connectivity index (χ1v) is 10.1. The van der Waals surface area contributed by atoms with Gasteiger partial charge >= 0.3 is 0 Å². The number of ether oxygens (including phenoxy) is 1. The normalized spacial score (nSPS) is 10.7. The molecular weight excluding hydrogens is 372 g/mol. The van der Waals surface area contributed by atoms with Gasteiger partial charge in [-0.2, -0.15) is 0 Å². The molecule has 0 bridgehead atoms. The summed E-state index contributed by atoms with van der Waals surface area (Å²) in [6, 6.07) is 13.8. The van der Waals surface area contributed by atoms with Crippen molar-refractivity contribution >= 4 is 23.4 Å². The minimum atomic E-state index is 0.00224. The summed E-state index contributed by atoms with van der Waals surface area (Å²) in [5.41, 5.74) is 4.09. The van der Waals surface area contributed by atoms with E-state index in [1.54, 1.807) is 11.9 Å². The van der Waals surface area contributed by atoms with Crippen molar-refractivity contribution in [2.24, 2.45) is 0 Å². The van der Waals surface area contributed by atoms with Gasteiger partial charge in [0.15, 0.2) is 5.82 Å². The van der Waals surface area contributed by atoms with Crippen LogP contribution in [-0.4, -0.2) is 40.5 Å². The Hall–Kier alpha value is -2.80. The van der Waals surface area contributed by atoms with Crippen molar-refractivity contribution in [1.82, 2.24) is 15.2 Å². The van der Waals surface area contributed by atoms with Gasteiger partial charge in [-0.15, -0.1) is 5.10 Å². The smallest absolute Gasteiger partial charge is 0.237 e. The molecule has 1 aromatic heterocycles. The fraction of sp³-hybridized carbons (Fsp3) is 0.286. The second-order valence-electron chi connectivity index (χ2n) is 6.51. The van der Waals surface area contributed by atoms with Crippen molar-refractivity contribution in [1.29, 1.82) is 0 Å². The van der Waals surface area contributed by atoms with E-state index in [2.05, 4.69) is 21.2 Å². The number of benzene rings is 2. The number of amides is 1. The Labute approximate surface area is 169 Å². The standard InChI is InChI=1S/C21H24N4O2S/c1-5-27-18-8-6-16(7-9-18)20-22-21(24-23-20)28-13-19(26)25(4)17-11-14(2)10-15(3)12-17/h6-12H,5,13H2,1-4H3,(H,22,23,24). The Morgan fingerprint density at radius 2 is 1.82 bits per heavy atom. The zero-order chi connectivity index (χ0) is 20.1. The molecule has 0 aliphatic rings. The molecule has 0 aliphatic carbocycles. The Bertz CT molecular complexity index is 933. The van der Waals surface area contributed by atoms with E-state index in [1.165, 1.54) is 11.8 Å². The monoisotopic (exact) mass is 396 g/mol. The summed E-state index contributed by atoms with van der Waals surface area (Å²) in [5, 5.41) is 7.68. The van der Waals surface area contributed by atoms with Crippen LogP contribution >= 0.6 is 11.8 Å². The average Bonchev–Trinajstić information content (AvgIpc) is 3.14. The lowest BCUT2D eigenvalue weighted by atomic mass is 10.1. The first kappa shape index (κ1) is 19.9. The van der Waals surface area contributed by atoms with Gasteiger partial charge in [-0.1, -0.05) is 17.8 Å². The maximum atomic E-state index is 12.5. The summed E-state index contributed by atoms with van der Waals surface area (Å²) in [6.07, 6.45) is 0. The molecule has 0 saturated heterocycles. The summed E-state index contributed by atoms with van der Waals surface area (Å²) in [4.78, 5) is 18.7. The zero-order valence-electron chi connectivity index (χ0n) is 16.5. The molecule has 3 aromatic rings. The van der Waals surface area contributed by atoms with E-state index >= 15 is 0 Å². The van der Waals surface area contributed by atoms with Gasteiger partial charge < -0.3 is 9.64 Å². The van der Waals surface area contributed by atoms with Gasteiger partial charge in [0, 0.05) is 18.3 Å². The molecule has 146 valence electrons. The summed E-state index contributed by atoms with van der Waals surface area (Å²) in [5.74, 6) is 1.76. The van der Waals surface area contributed by atoms with Crippen LogP contribution in [0.4, 0.5) is 5.69 Å². The highest BCUT2D eigenvalue weighted by Gasteiger charge is 2.14. The predicted molar refractivity (Wildman–Crippen MR) is 113 cm³/mol. The Kier molecular flexibility index (Phi) is 6.36. The van der Waals surface area contributed by atoms with Gasteiger partial charge in [0.1, 0.15) is 5.75 Å². The van der Waals surface area contributed by atoms with Gasteiger partial charge in [0.2, 0.25) is 11.1 Å². The topological polar surface area (TPSA) is 71.1 Å². The second kappa shape index (κ2) is 8.93. The first-order valence-electron chi connectivity index (χ1n) is 9.09. The first-order chi connectivity index (χ1) is 13.5. The summed E-state index contributed by atoms with van der Waals surface area (Å²) >= 11 is 1.32. The third kappa shape index (κ3) is 4.92. The van der Waals surface area contributed by atoms with E-state index in [0.29, 0.717) is 17.6 Å². The lowest BCUT2D eigenvalue weighted by Gasteiger charge is -2.18. The molecule has 2 aromatic carbocycles. The van der Waals surface area contributed by atoms with Crippen LogP contribution in [0.1, 0.15) is 18.1 Å². The second-order valence-corrected chi connectivity index (χ2v) is 7.45. The van der Waals surface area contributed by atoms with Crippen LogP contribution in [0.5, 0.6) is 5.75 Å². The number of hydrogen-bond donors (Lipinski definition) is 1. The van der Waals surface area contributed by atoms with Gasteiger partial charge in [0.05, 0.1) is 12.4 Å². The zero-order valence-corrected chi connectivity index (χ0v) is 17.3. The van der Waals surface area contributed by atoms with Gasteiger partial charge in [-0.05, 0) is 68.3 Å². The van der Waals surface area contributed by atoms with Crippen molar-refractivity contribution in [2.75, 3.05) is 24.3 Å². The quantitative estimate of drug-likeness (QED) is 0.605. The Morgan fingerprint density at radius 3 is 2.46 bits per heavy atom. The third-order valence-corrected chi connectivity index (χ3v) is 5.03. The molecule has 1 amide bonds. The molecule has 0 spiro atoms. The van der Waals surface area contributed by atoms with Crippen LogP contribution in [0.2, 0.25) is 0 Å². The molecule has 28 heavy (non-hydrogen) atoms. The molecule has 1 heterocycles. The summed E-state index contributed by atoms with van der Waals surface area (Å²) < 4.78 is 5.45. The molecular formula is C21H24N4O2S. The van der Waals surface area contributed by atoms with Crippen LogP contribution in [0.15, 0.2) is 47.6 Å². The van der Waals surface area contributed by atoms with E-state index in [0.717, 1.165) is 28.1 Å². The number of H-pyrrole nitrogens is 1. The van der Waals surface area contributed by atoms with Gasteiger partial charge in [0.25, 0.3) is 0 Å². The number of aryl methyl sites for hydroxylation is 2. The van der Waals surface area contributed by atoms with Crippen molar-refractivity contribution < 1.29 is 9.53 Å². The lowest BCUT2D eigenvalue weighted by Crippen LogP contribution is -2.28. The van der Waals surface area contributed by atoms with Crippen molar-refractivity contribution in [3.8, 4) is 17.1 Å². The maximum absolute atomic E-state index is 12.5. The Balaban J connectivity index is 1.61. The molecule has 0 unspecified atom stereocenters. The molecule has 0 aliphatic heterocycles. The molecule has 3 rings (SSSR count). The number of aromatic nitrogens is 3. The molecule has 6 nitrogen and oxygen atoms in total. The molecule has 0 saturated carbocycles. The number of carbonyl (C=O) groups is 1. The number of carbonyl (C=O) groups excluding carboxylic acids is 1. The fourth-order valence-electron chi connectivity index (χ4n) is 2.83. The highest BCUT2D eigenvalue weighted by Crippen LogP contribution is 2.23. The average molecular weight is 397 g/mol. The minimum Gasteiger partial charge on any atom is -0.494 e. The number of anilines is 1. The minimum absolute atomic E-state index is 0.00224. The van der Waals surface area contributed by atoms with Crippen LogP contribution in [0, 0.1) is 13.8 Å². The van der Waals surface area contributed by atoms with E-state index in [1.807, 2.05) is 57.2 Å². The summed E-state index contributed by atoms with van der Waals surface area (Å²) in [6.45, 7) is 6.64. The van der Waals surface area contributed by atoms with E-state index in [9.17, 15) is 4.79 Å². The third-order valence-electron chi connectivity index (χ3n) is 4.20. The molecule has 0 radical (unpaired) electrons. The largest absolute Gasteiger partial charge is 0.494 e. The SMILES string of the molecule is CCOc1ccc(-c2nc(SCC(=O)N(C)c3cc(C)cc(C)c3)n[nH]2)cc1. The van der Waals surface area contributed by atoms with Crippen molar-refractivity contribution in [2.45, 2.75) is 25.9 Å². The van der Waals surface area contributed by atoms with Crippen LogP contribution < -0.4 is 9.64 Å². The molecule has 0 atom stereocenters. The van der Waals surface area contributed by atoms with Crippen molar-refractivity contribution in [3.05, 3.63) is 53.6 Å². The van der Waals surface area contributed by atoms with E-state index in [4.69, 9.17) is 4.74 Å². The fourth-order valence-corrected chi connectivity index (χ4v) is 3.54. The highest BCUT2D eigenvalue weighted by atomic mass is 32.2. The van der Waals surface area contributed by atoms with Gasteiger partial charge in [-0.25, -0.2) is 4.98 Å². The van der Waals surface area contributed by atoms with Crippen molar-refractivity contribution in [3.63, 3.8) is 0 Å². The molecule has 0 fully saturated rings. The molecule has 1 N–H and O–H groups in total. The number of nitrogens with zero attached hydrogens (tertiary/aromatic N) is 3. The van der Waals surface area contributed by atoms with E-state index in [-0.39, 0.29) is 11.7 Å². The number of aromatic amines is 1. The number of rotatable bonds is 7. The lowest BCUT2D eigenvalue weighted by molar-refractivity contribution is -0.115. The number of nitrogens with one attached hydrogen (secondary N) is 1. The van der Waals surface area contributed by atoms with E-state index < -0.39 is 0 Å². The van der Waals surface area contributed by atoms with Gasteiger partial charge in [-0.3, -0.25) is 9.89 Å². The number of thioether (sulfide) groups is 1. The predicted octanol–water partition coefficient (Wildman–Crippen LogP) is 4.24. The van der Waals surface area contributed by atoms with Crippen LogP contribution in [0.3, 0.4) is 0 Å². The van der Waals surface area contributed by atoms with Crippen LogP contribution in [-0.2, 0) is 4.79 Å².